The van der Waals surface area contributed by atoms with Crippen LogP contribution in [0.3, 0.4) is 0 Å². The van der Waals surface area contributed by atoms with Crippen LogP contribution in [0, 0.1) is 5.82 Å². The van der Waals surface area contributed by atoms with E-state index in [-0.39, 0.29) is 17.0 Å². The number of fused-ring (bicyclic) bond motifs is 1. The maximum atomic E-state index is 12.9. The third kappa shape index (κ3) is 1.88. The predicted molar refractivity (Wildman–Crippen MR) is 65.9 cm³/mol. The number of hydrogen-bond acceptors (Lipinski definition) is 6. The fourth-order valence-electron chi connectivity index (χ4n) is 2.18. The molecule has 8 heteroatoms. The normalized spacial score (nSPS) is 20.7. The maximum absolute atomic E-state index is 12.9. The Bertz CT molecular complexity index is 682. The molecule has 1 N–H and O–H groups in total. The van der Waals surface area contributed by atoms with Crippen LogP contribution in [0.4, 0.5) is 10.1 Å². The molecule has 2 amide bonds. The second-order valence-electron chi connectivity index (χ2n) is 4.34. The molecule has 2 heterocycles. The Morgan fingerprint density at radius 3 is 2.62 bits per heavy atom. The van der Waals surface area contributed by atoms with Gasteiger partial charge in [0.25, 0.3) is 11.8 Å². The van der Waals surface area contributed by atoms with Crippen molar-refractivity contribution < 1.29 is 28.3 Å². The van der Waals surface area contributed by atoms with Crippen molar-refractivity contribution in [3.05, 3.63) is 41.4 Å². The molecular weight excluding hydrogens is 283 g/mol. The van der Waals surface area contributed by atoms with Gasteiger partial charge in [0.2, 0.25) is 0 Å². The quantitative estimate of drug-likeness (QED) is 0.611. The van der Waals surface area contributed by atoms with Gasteiger partial charge in [-0.05, 0) is 24.3 Å². The summed E-state index contributed by atoms with van der Waals surface area (Å²) in [6.07, 6.45) is -1.21. The second kappa shape index (κ2) is 4.67. The fourth-order valence-corrected chi connectivity index (χ4v) is 2.18. The summed E-state index contributed by atoms with van der Waals surface area (Å²) in [6.45, 7) is 0. The van der Waals surface area contributed by atoms with Gasteiger partial charge in [-0.2, -0.15) is 0 Å². The first-order valence-corrected chi connectivity index (χ1v) is 5.92. The number of ether oxygens (including phenoxy) is 1. The van der Waals surface area contributed by atoms with Gasteiger partial charge in [-0.1, -0.05) is 0 Å². The number of esters is 1. The van der Waals surface area contributed by atoms with Crippen LogP contribution in [0.25, 0.3) is 0 Å². The third-order valence-corrected chi connectivity index (χ3v) is 3.16. The average molecular weight is 292 g/mol. The van der Waals surface area contributed by atoms with Crippen molar-refractivity contribution in [2.75, 3.05) is 12.0 Å². The molecule has 7 nitrogen and oxygen atoms in total. The van der Waals surface area contributed by atoms with E-state index in [1.165, 1.54) is 12.1 Å². The molecule has 1 fully saturated rings. The zero-order valence-corrected chi connectivity index (χ0v) is 10.8. The highest BCUT2D eigenvalue weighted by atomic mass is 19.1. The Labute approximate surface area is 117 Å². The summed E-state index contributed by atoms with van der Waals surface area (Å²) in [6, 6.07) is 4.83. The third-order valence-electron chi connectivity index (χ3n) is 3.16. The number of carbonyl (C=O) groups is 3. The number of halogens is 1. The van der Waals surface area contributed by atoms with Crippen LogP contribution in [0.1, 0.15) is 0 Å². The number of anilines is 1. The first kappa shape index (κ1) is 13.3. The molecule has 1 saturated heterocycles. The summed E-state index contributed by atoms with van der Waals surface area (Å²) in [7, 11) is 1.14. The van der Waals surface area contributed by atoms with E-state index in [9.17, 15) is 18.8 Å². The highest BCUT2D eigenvalue weighted by Gasteiger charge is 2.52. The van der Waals surface area contributed by atoms with E-state index in [1.54, 1.807) is 0 Å². The molecular formula is C13H9FN2O5. The molecule has 2 aliphatic rings. The van der Waals surface area contributed by atoms with Crippen molar-refractivity contribution in [3.8, 4) is 0 Å². The topological polar surface area (TPSA) is 84.9 Å². The number of methoxy groups -OCH3 is 1. The van der Waals surface area contributed by atoms with E-state index in [2.05, 4.69) is 10.2 Å². The van der Waals surface area contributed by atoms with E-state index >= 15 is 0 Å². The maximum Gasteiger partial charge on any atom is 0.357 e. The summed E-state index contributed by atoms with van der Waals surface area (Å²) in [5.74, 6) is -2.67. The average Bonchev–Trinajstić information content (AvgIpc) is 3.01. The molecule has 1 atom stereocenters. The predicted octanol–water partition coefficient (Wildman–Crippen LogP) is 0.0294. The molecule has 0 saturated carbocycles. The number of nitrogens with zero attached hydrogens (tertiary/aromatic N) is 1. The molecule has 3 rings (SSSR count). The Morgan fingerprint density at radius 1 is 1.33 bits per heavy atom. The molecule has 0 aromatic heterocycles. The molecule has 1 aromatic rings. The van der Waals surface area contributed by atoms with Crippen molar-refractivity contribution in [3.63, 3.8) is 0 Å². The molecule has 0 spiro atoms. The smallest absolute Gasteiger partial charge is 0.357 e. The number of benzene rings is 1. The minimum absolute atomic E-state index is 0.115. The van der Waals surface area contributed by atoms with Gasteiger partial charge in [0.15, 0.2) is 11.8 Å². The first-order valence-electron chi connectivity index (χ1n) is 5.92. The van der Waals surface area contributed by atoms with Gasteiger partial charge in [0.05, 0.1) is 18.4 Å². The van der Waals surface area contributed by atoms with Gasteiger partial charge in [0.1, 0.15) is 5.82 Å². The molecule has 2 aliphatic heterocycles. The Balaban J connectivity index is 2.04. The molecule has 1 unspecified atom stereocenters. The van der Waals surface area contributed by atoms with Crippen LogP contribution in [0.15, 0.2) is 35.5 Å². The molecule has 0 bridgehead atoms. The van der Waals surface area contributed by atoms with Crippen molar-refractivity contribution in [1.82, 2.24) is 5.48 Å². The second-order valence-corrected chi connectivity index (χ2v) is 4.34. The van der Waals surface area contributed by atoms with Crippen LogP contribution in [-0.4, -0.2) is 31.0 Å². The van der Waals surface area contributed by atoms with E-state index in [4.69, 9.17) is 4.84 Å². The highest BCUT2D eigenvalue weighted by molar-refractivity contribution is 6.32. The number of amides is 2. The van der Waals surface area contributed by atoms with Crippen LogP contribution < -0.4 is 10.4 Å². The standard InChI is InChI=1S/C13H9FN2O5/c1-20-13(19)9-8-10(21-15-9)12(18)16(11(8)17)7-4-2-6(14)3-5-7/h2-5,10,15H,1H3. The molecule has 0 radical (unpaired) electrons. The summed E-state index contributed by atoms with van der Waals surface area (Å²) in [4.78, 5) is 41.9. The van der Waals surface area contributed by atoms with E-state index < -0.39 is 29.7 Å². The van der Waals surface area contributed by atoms with E-state index in [0.29, 0.717) is 0 Å². The van der Waals surface area contributed by atoms with Crippen LogP contribution >= 0.6 is 0 Å². The molecule has 0 aliphatic carbocycles. The fraction of sp³-hybridized carbons (Fsp3) is 0.154. The van der Waals surface area contributed by atoms with Gasteiger partial charge in [-0.15, -0.1) is 0 Å². The summed E-state index contributed by atoms with van der Waals surface area (Å²) >= 11 is 0. The summed E-state index contributed by atoms with van der Waals surface area (Å²) in [5, 5.41) is 0. The van der Waals surface area contributed by atoms with Crippen LogP contribution in [0.2, 0.25) is 0 Å². The Kier molecular flexibility index (Phi) is 2.95. The molecule has 1 aromatic carbocycles. The van der Waals surface area contributed by atoms with Gasteiger partial charge in [-0.3, -0.25) is 19.9 Å². The number of carbonyl (C=O) groups excluding carboxylic acids is 3. The molecule has 108 valence electrons. The number of hydrogen-bond donors (Lipinski definition) is 1. The van der Waals surface area contributed by atoms with Crippen LogP contribution in [0.5, 0.6) is 0 Å². The lowest BCUT2D eigenvalue weighted by Crippen LogP contribution is -2.35. The summed E-state index contributed by atoms with van der Waals surface area (Å²) in [5.41, 5.74) is 2.11. The van der Waals surface area contributed by atoms with Crippen molar-refractivity contribution in [1.29, 1.82) is 0 Å². The molecule has 21 heavy (non-hydrogen) atoms. The zero-order valence-electron chi connectivity index (χ0n) is 10.8. The van der Waals surface area contributed by atoms with Gasteiger partial charge in [-0.25, -0.2) is 14.1 Å². The number of nitrogens with one attached hydrogen (secondary N) is 1. The zero-order chi connectivity index (χ0) is 15.1. The largest absolute Gasteiger partial charge is 0.464 e. The lowest BCUT2D eigenvalue weighted by molar-refractivity contribution is -0.139. The van der Waals surface area contributed by atoms with Gasteiger partial charge >= 0.3 is 5.97 Å². The van der Waals surface area contributed by atoms with E-state index in [0.717, 1.165) is 24.1 Å². The van der Waals surface area contributed by atoms with Crippen molar-refractivity contribution in [2.45, 2.75) is 6.10 Å². The number of imide groups is 1. The highest BCUT2D eigenvalue weighted by Crippen LogP contribution is 2.32. The SMILES string of the molecule is COC(=O)C1=C2C(=O)N(c3ccc(F)cc3)C(=O)C2ON1. The van der Waals surface area contributed by atoms with Crippen LogP contribution in [-0.2, 0) is 24.0 Å². The Hall–Kier alpha value is -2.74. The summed E-state index contributed by atoms with van der Waals surface area (Å²) < 4.78 is 17.4. The van der Waals surface area contributed by atoms with E-state index in [1.807, 2.05) is 0 Å². The van der Waals surface area contributed by atoms with Crippen molar-refractivity contribution in [2.24, 2.45) is 0 Å². The Morgan fingerprint density at radius 2 is 2.00 bits per heavy atom. The number of rotatable bonds is 2. The number of hydroxylamine groups is 1. The van der Waals surface area contributed by atoms with Gasteiger partial charge in [0, 0.05) is 0 Å². The van der Waals surface area contributed by atoms with Gasteiger partial charge < -0.3 is 4.74 Å². The lowest BCUT2D eigenvalue weighted by atomic mass is 10.1. The minimum atomic E-state index is -1.21. The minimum Gasteiger partial charge on any atom is -0.464 e. The lowest BCUT2D eigenvalue weighted by Gasteiger charge is -2.15. The van der Waals surface area contributed by atoms with Crippen molar-refractivity contribution >= 4 is 23.5 Å². The first-order chi connectivity index (χ1) is 10.0. The monoisotopic (exact) mass is 292 g/mol.